The van der Waals surface area contributed by atoms with Crippen LogP contribution in [0.25, 0.3) is 4.96 Å². The Bertz CT molecular complexity index is 701. The maximum Gasteiger partial charge on any atom is 0.224 e. The molecule has 20 heavy (non-hydrogen) atoms. The molecule has 0 spiro atoms. The molecule has 0 saturated heterocycles. The Labute approximate surface area is 120 Å². The molecular weight excluding hydrogens is 272 g/mol. The van der Waals surface area contributed by atoms with Gasteiger partial charge in [0.25, 0.3) is 0 Å². The number of aromatic nitrogens is 3. The number of fused-ring (bicyclic) bond motifs is 1. The predicted octanol–water partition coefficient (Wildman–Crippen LogP) is 1.96. The minimum Gasteiger partial charge on any atom is -0.350 e. The normalized spacial score (nSPS) is 10.8. The molecule has 3 aromatic rings. The number of carbonyl (C=O) groups is 1. The highest BCUT2D eigenvalue weighted by atomic mass is 32.1. The molecule has 0 radical (unpaired) electrons. The molecule has 5 nitrogen and oxygen atoms in total. The topological polar surface area (TPSA) is 59.3 Å². The minimum atomic E-state index is -0.00306. The number of rotatable bonds is 4. The summed E-state index contributed by atoms with van der Waals surface area (Å²) < 4.78 is 1.75. The van der Waals surface area contributed by atoms with E-state index in [9.17, 15) is 4.79 Å². The van der Waals surface area contributed by atoms with Crippen LogP contribution in [-0.4, -0.2) is 20.5 Å². The molecule has 0 fully saturated rings. The monoisotopic (exact) mass is 286 g/mol. The summed E-state index contributed by atoms with van der Waals surface area (Å²) in [6, 6.07) is 9.69. The first-order valence-electron chi connectivity index (χ1n) is 6.33. The summed E-state index contributed by atoms with van der Waals surface area (Å²) in [5, 5.41) is 8.14. The smallest absolute Gasteiger partial charge is 0.224 e. The summed E-state index contributed by atoms with van der Waals surface area (Å²) >= 11 is 1.54. The van der Waals surface area contributed by atoms with Crippen LogP contribution in [0.1, 0.15) is 16.3 Å². The molecule has 3 rings (SSSR count). The predicted molar refractivity (Wildman–Crippen MR) is 77.6 cm³/mol. The van der Waals surface area contributed by atoms with Gasteiger partial charge >= 0.3 is 0 Å². The Morgan fingerprint density at radius 3 is 2.90 bits per heavy atom. The summed E-state index contributed by atoms with van der Waals surface area (Å²) in [7, 11) is 0. The van der Waals surface area contributed by atoms with Crippen LogP contribution >= 0.6 is 11.3 Å². The highest BCUT2D eigenvalue weighted by Gasteiger charge is 2.07. The van der Waals surface area contributed by atoms with Gasteiger partial charge in [0.15, 0.2) is 0 Å². The highest BCUT2D eigenvalue weighted by Crippen LogP contribution is 2.13. The lowest BCUT2D eigenvalue weighted by atomic mass is 10.1. The van der Waals surface area contributed by atoms with Crippen LogP contribution in [0.3, 0.4) is 0 Å². The van der Waals surface area contributed by atoms with E-state index in [1.54, 1.807) is 4.52 Å². The average molecular weight is 286 g/mol. The number of hydrogen-bond acceptors (Lipinski definition) is 4. The SMILES string of the molecule is Cc1nn2cc(CNC(=O)Cc3ccccc3)nc2s1. The number of carbonyl (C=O) groups excluding carboxylic acids is 1. The zero-order valence-electron chi connectivity index (χ0n) is 11.0. The fourth-order valence-corrected chi connectivity index (χ4v) is 2.71. The van der Waals surface area contributed by atoms with Crippen molar-refractivity contribution in [1.82, 2.24) is 19.9 Å². The first-order chi connectivity index (χ1) is 9.70. The van der Waals surface area contributed by atoms with Gasteiger partial charge in [0.1, 0.15) is 5.01 Å². The molecule has 1 amide bonds. The van der Waals surface area contributed by atoms with Crippen molar-refractivity contribution < 1.29 is 4.79 Å². The van der Waals surface area contributed by atoms with Crippen molar-refractivity contribution in [2.75, 3.05) is 0 Å². The number of hydrogen-bond donors (Lipinski definition) is 1. The third-order valence-electron chi connectivity index (χ3n) is 2.87. The number of benzene rings is 1. The molecule has 0 saturated carbocycles. The lowest BCUT2D eigenvalue weighted by Crippen LogP contribution is -2.24. The molecule has 1 N–H and O–H groups in total. The van der Waals surface area contributed by atoms with Crippen LogP contribution in [-0.2, 0) is 17.8 Å². The first kappa shape index (κ1) is 12.8. The number of aryl methyl sites for hydroxylation is 1. The van der Waals surface area contributed by atoms with Gasteiger partial charge in [0.2, 0.25) is 10.9 Å². The summed E-state index contributed by atoms with van der Waals surface area (Å²) in [6.07, 6.45) is 2.24. The summed E-state index contributed by atoms with van der Waals surface area (Å²) in [5.74, 6) is -0.00306. The second-order valence-corrected chi connectivity index (χ2v) is 5.68. The summed E-state index contributed by atoms with van der Waals surface area (Å²) in [4.78, 5) is 17.1. The van der Waals surface area contributed by atoms with Crippen molar-refractivity contribution >= 4 is 22.2 Å². The average Bonchev–Trinajstić information content (AvgIpc) is 2.94. The van der Waals surface area contributed by atoms with Crippen molar-refractivity contribution in [2.45, 2.75) is 19.9 Å². The van der Waals surface area contributed by atoms with E-state index in [0.29, 0.717) is 13.0 Å². The highest BCUT2D eigenvalue weighted by molar-refractivity contribution is 7.16. The van der Waals surface area contributed by atoms with Crippen molar-refractivity contribution in [1.29, 1.82) is 0 Å². The van der Waals surface area contributed by atoms with Crippen LogP contribution in [0.5, 0.6) is 0 Å². The molecule has 2 heterocycles. The van der Waals surface area contributed by atoms with Crippen LogP contribution in [0.4, 0.5) is 0 Å². The van der Waals surface area contributed by atoms with Crippen molar-refractivity contribution in [3.63, 3.8) is 0 Å². The van der Waals surface area contributed by atoms with Crippen molar-refractivity contribution in [3.05, 3.63) is 52.8 Å². The third kappa shape index (κ3) is 2.85. The van der Waals surface area contributed by atoms with Gasteiger partial charge < -0.3 is 5.32 Å². The molecule has 0 unspecified atom stereocenters. The maximum atomic E-state index is 11.8. The maximum absolute atomic E-state index is 11.8. The number of nitrogens with zero attached hydrogens (tertiary/aromatic N) is 3. The molecule has 0 aliphatic heterocycles. The number of amides is 1. The van der Waals surface area contributed by atoms with E-state index in [4.69, 9.17) is 0 Å². The molecule has 6 heteroatoms. The molecule has 0 bridgehead atoms. The Morgan fingerprint density at radius 2 is 2.15 bits per heavy atom. The van der Waals surface area contributed by atoms with Crippen molar-refractivity contribution in [3.8, 4) is 0 Å². The molecule has 0 aliphatic rings. The lowest BCUT2D eigenvalue weighted by molar-refractivity contribution is -0.120. The van der Waals surface area contributed by atoms with Gasteiger partial charge in [-0.15, -0.1) is 0 Å². The van der Waals surface area contributed by atoms with E-state index in [1.807, 2.05) is 43.5 Å². The number of nitrogens with one attached hydrogen (secondary N) is 1. The fourth-order valence-electron chi connectivity index (χ4n) is 1.96. The van der Waals surface area contributed by atoms with E-state index in [0.717, 1.165) is 21.2 Å². The van der Waals surface area contributed by atoms with E-state index >= 15 is 0 Å². The first-order valence-corrected chi connectivity index (χ1v) is 7.15. The summed E-state index contributed by atoms with van der Waals surface area (Å²) in [5.41, 5.74) is 1.83. The van der Waals surface area contributed by atoms with E-state index in [1.165, 1.54) is 11.3 Å². The molecule has 0 aliphatic carbocycles. The van der Waals surface area contributed by atoms with Crippen molar-refractivity contribution in [2.24, 2.45) is 0 Å². The molecule has 1 aromatic carbocycles. The largest absolute Gasteiger partial charge is 0.350 e. The molecule has 102 valence electrons. The quantitative estimate of drug-likeness (QED) is 0.797. The zero-order valence-corrected chi connectivity index (χ0v) is 11.9. The van der Waals surface area contributed by atoms with Gasteiger partial charge in [0, 0.05) is 0 Å². The lowest BCUT2D eigenvalue weighted by Gasteiger charge is -2.03. The number of imidazole rings is 1. The van der Waals surface area contributed by atoms with E-state index < -0.39 is 0 Å². The Kier molecular flexibility index (Phi) is 3.47. The van der Waals surface area contributed by atoms with Crippen LogP contribution in [0, 0.1) is 6.92 Å². The second kappa shape index (κ2) is 5.42. The van der Waals surface area contributed by atoms with E-state index in [-0.39, 0.29) is 5.91 Å². The van der Waals surface area contributed by atoms with Gasteiger partial charge in [-0.05, 0) is 12.5 Å². The van der Waals surface area contributed by atoms with Gasteiger partial charge in [0.05, 0.1) is 24.9 Å². The standard InChI is InChI=1S/C14H14N4OS/c1-10-17-18-9-12(16-14(18)20-10)8-15-13(19)7-11-5-3-2-4-6-11/h2-6,9H,7-8H2,1H3,(H,15,19). The van der Waals surface area contributed by atoms with Gasteiger partial charge in [-0.25, -0.2) is 9.50 Å². The van der Waals surface area contributed by atoms with Crippen LogP contribution < -0.4 is 5.32 Å². The zero-order chi connectivity index (χ0) is 13.9. The Morgan fingerprint density at radius 1 is 1.35 bits per heavy atom. The third-order valence-corrected chi connectivity index (χ3v) is 3.71. The molecular formula is C14H14N4OS. The summed E-state index contributed by atoms with van der Waals surface area (Å²) in [6.45, 7) is 2.38. The van der Waals surface area contributed by atoms with Gasteiger partial charge in [-0.3, -0.25) is 4.79 Å². The van der Waals surface area contributed by atoms with Crippen LogP contribution in [0.2, 0.25) is 0 Å². The minimum absolute atomic E-state index is 0.00306. The second-order valence-electron chi connectivity index (χ2n) is 4.52. The fraction of sp³-hybridized carbons (Fsp3) is 0.214. The Hall–Kier alpha value is -2.21. The van der Waals surface area contributed by atoms with E-state index in [2.05, 4.69) is 15.4 Å². The Balaban J connectivity index is 1.58. The molecule has 2 aromatic heterocycles. The van der Waals surface area contributed by atoms with Gasteiger partial charge in [-0.1, -0.05) is 41.7 Å². The molecule has 0 atom stereocenters. The van der Waals surface area contributed by atoms with Gasteiger partial charge in [-0.2, -0.15) is 5.10 Å². The van der Waals surface area contributed by atoms with Crippen LogP contribution in [0.15, 0.2) is 36.5 Å².